The van der Waals surface area contributed by atoms with Crippen LogP contribution in [0.1, 0.15) is 35.8 Å². The van der Waals surface area contributed by atoms with E-state index in [1.807, 2.05) is 54.3 Å². The first-order valence-electron chi connectivity index (χ1n) is 9.27. The predicted molar refractivity (Wildman–Crippen MR) is 101 cm³/mol. The van der Waals surface area contributed by atoms with Crippen molar-refractivity contribution in [1.29, 1.82) is 0 Å². The fraction of sp³-hybridized carbons (Fsp3) is 0.333. The number of amides is 1. The van der Waals surface area contributed by atoms with Gasteiger partial charge in [-0.25, -0.2) is 0 Å². The number of nitrogens with zero attached hydrogens (tertiary/aromatic N) is 4. The van der Waals surface area contributed by atoms with Crippen molar-refractivity contribution < 1.29 is 9.21 Å². The van der Waals surface area contributed by atoms with Gasteiger partial charge in [0, 0.05) is 25.2 Å². The van der Waals surface area contributed by atoms with Crippen LogP contribution >= 0.6 is 0 Å². The average molecular weight is 362 g/mol. The second-order valence-corrected chi connectivity index (χ2v) is 6.98. The summed E-state index contributed by atoms with van der Waals surface area (Å²) in [6.45, 7) is 3.49. The largest absolute Gasteiger partial charge is 0.419 e. The van der Waals surface area contributed by atoms with Crippen LogP contribution in [0.2, 0.25) is 0 Å². The number of likely N-dealkylation sites (tertiary alicyclic amines) is 1. The van der Waals surface area contributed by atoms with Crippen LogP contribution in [-0.4, -0.2) is 39.1 Å². The van der Waals surface area contributed by atoms with Crippen LogP contribution in [0.4, 0.5) is 0 Å². The van der Waals surface area contributed by atoms with E-state index in [0.717, 1.165) is 31.5 Å². The molecule has 3 aromatic rings. The SMILES string of the molecule is Cc1ccc(CC(=O)N2CCC(c3nnc(-c4ccccn4)o3)CC2)cc1. The molecule has 1 amide bonds. The van der Waals surface area contributed by atoms with Gasteiger partial charge in [0.1, 0.15) is 5.69 Å². The number of hydrogen-bond acceptors (Lipinski definition) is 5. The van der Waals surface area contributed by atoms with Gasteiger partial charge in [-0.3, -0.25) is 9.78 Å². The minimum atomic E-state index is 0.178. The summed E-state index contributed by atoms with van der Waals surface area (Å²) < 4.78 is 5.82. The first-order valence-corrected chi connectivity index (χ1v) is 9.27. The molecule has 0 spiro atoms. The lowest BCUT2D eigenvalue weighted by atomic mass is 9.96. The molecule has 1 aliphatic rings. The average Bonchev–Trinajstić information content (AvgIpc) is 3.21. The third-order valence-corrected chi connectivity index (χ3v) is 5.00. The van der Waals surface area contributed by atoms with Gasteiger partial charge in [-0.1, -0.05) is 35.9 Å². The number of aryl methyl sites for hydroxylation is 1. The Balaban J connectivity index is 1.34. The molecule has 0 saturated carbocycles. The molecule has 0 atom stereocenters. The molecular weight excluding hydrogens is 340 g/mol. The molecule has 1 aromatic carbocycles. The van der Waals surface area contributed by atoms with Gasteiger partial charge >= 0.3 is 0 Å². The summed E-state index contributed by atoms with van der Waals surface area (Å²) in [7, 11) is 0. The molecule has 0 radical (unpaired) electrons. The van der Waals surface area contributed by atoms with Crippen molar-refractivity contribution in [3.63, 3.8) is 0 Å². The van der Waals surface area contributed by atoms with E-state index in [4.69, 9.17) is 4.42 Å². The quantitative estimate of drug-likeness (QED) is 0.711. The van der Waals surface area contributed by atoms with Crippen molar-refractivity contribution in [3.05, 3.63) is 65.7 Å². The van der Waals surface area contributed by atoms with Crippen molar-refractivity contribution in [2.75, 3.05) is 13.1 Å². The van der Waals surface area contributed by atoms with Crippen LogP contribution in [0.25, 0.3) is 11.6 Å². The first-order chi connectivity index (χ1) is 13.2. The van der Waals surface area contributed by atoms with Gasteiger partial charge in [-0.05, 0) is 37.5 Å². The van der Waals surface area contributed by atoms with Crippen LogP contribution < -0.4 is 0 Å². The highest BCUT2D eigenvalue weighted by Crippen LogP contribution is 2.29. The number of aromatic nitrogens is 3. The number of benzene rings is 1. The predicted octanol–water partition coefficient (Wildman–Crippen LogP) is 3.39. The Kier molecular flexibility index (Phi) is 4.96. The first kappa shape index (κ1) is 17.4. The van der Waals surface area contributed by atoms with Crippen molar-refractivity contribution in [3.8, 4) is 11.6 Å². The lowest BCUT2D eigenvalue weighted by Crippen LogP contribution is -2.38. The maximum Gasteiger partial charge on any atom is 0.266 e. The van der Waals surface area contributed by atoms with Crippen molar-refractivity contribution in [2.45, 2.75) is 32.1 Å². The van der Waals surface area contributed by atoms with E-state index >= 15 is 0 Å². The molecule has 4 rings (SSSR count). The molecule has 0 aliphatic carbocycles. The molecule has 0 bridgehead atoms. The van der Waals surface area contributed by atoms with Crippen molar-refractivity contribution in [2.24, 2.45) is 0 Å². The Hall–Kier alpha value is -3.02. The standard InChI is InChI=1S/C21H22N4O2/c1-15-5-7-16(8-6-15)14-19(26)25-12-9-17(10-13-25)20-23-24-21(27-20)18-4-2-3-11-22-18/h2-8,11,17H,9-10,12-14H2,1H3. The Morgan fingerprint density at radius 1 is 1.11 bits per heavy atom. The highest BCUT2D eigenvalue weighted by molar-refractivity contribution is 5.78. The van der Waals surface area contributed by atoms with Crippen molar-refractivity contribution >= 4 is 5.91 Å². The van der Waals surface area contributed by atoms with E-state index in [1.54, 1.807) is 6.20 Å². The zero-order valence-corrected chi connectivity index (χ0v) is 15.3. The third kappa shape index (κ3) is 4.05. The lowest BCUT2D eigenvalue weighted by molar-refractivity contribution is -0.131. The molecule has 1 aliphatic heterocycles. The Labute approximate surface area is 158 Å². The summed E-state index contributed by atoms with van der Waals surface area (Å²) in [4.78, 5) is 18.7. The molecule has 0 N–H and O–H groups in total. The summed E-state index contributed by atoms with van der Waals surface area (Å²) in [6.07, 6.45) is 3.83. The van der Waals surface area contributed by atoms with Crippen LogP contribution in [-0.2, 0) is 11.2 Å². The van der Waals surface area contributed by atoms with Gasteiger partial charge in [0.25, 0.3) is 5.89 Å². The van der Waals surface area contributed by atoms with E-state index in [9.17, 15) is 4.79 Å². The van der Waals surface area contributed by atoms with E-state index in [1.165, 1.54) is 5.56 Å². The van der Waals surface area contributed by atoms with Crippen molar-refractivity contribution in [1.82, 2.24) is 20.1 Å². The van der Waals surface area contributed by atoms with E-state index in [-0.39, 0.29) is 11.8 Å². The maximum atomic E-state index is 12.6. The van der Waals surface area contributed by atoms with Gasteiger partial charge in [0.05, 0.1) is 6.42 Å². The second-order valence-electron chi connectivity index (χ2n) is 6.98. The van der Waals surface area contributed by atoms with Gasteiger partial charge in [0.2, 0.25) is 11.8 Å². The van der Waals surface area contributed by atoms with E-state index in [0.29, 0.717) is 23.9 Å². The topological polar surface area (TPSA) is 72.1 Å². The van der Waals surface area contributed by atoms with Gasteiger partial charge in [-0.15, -0.1) is 10.2 Å². The lowest BCUT2D eigenvalue weighted by Gasteiger charge is -2.30. The number of carbonyl (C=O) groups excluding carboxylic acids is 1. The number of carbonyl (C=O) groups is 1. The molecule has 27 heavy (non-hydrogen) atoms. The molecule has 3 heterocycles. The molecule has 6 nitrogen and oxygen atoms in total. The molecular formula is C21H22N4O2. The zero-order valence-electron chi connectivity index (χ0n) is 15.3. The number of hydrogen-bond donors (Lipinski definition) is 0. The minimum Gasteiger partial charge on any atom is -0.419 e. The third-order valence-electron chi connectivity index (χ3n) is 5.00. The van der Waals surface area contributed by atoms with Gasteiger partial charge in [-0.2, -0.15) is 0 Å². The molecule has 2 aromatic heterocycles. The zero-order chi connectivity index (χ0) is 18.6. The number of rotatable bonds is 4. The fourth-order valence-electron chi connectivity index (χ4n) is 3.36. The van der Waals surface area contributed by atoms with Gasteiger partial charge < -0.3 is 9.32 Å². The van der Waals surface area contributed by atoms with E-state index in [2.05, 4.69) is 15.2 Å². The maximum absolute atomic E-state index is 12.6. The minimum absolute atomic E-state index is 0.178. The number of piperidine rings is 1. The molecule has 138 valence electrons. The summed E-state index contributed by atoms with van der Waals surface area (Å²) in [6, 6.07) is 13.7. The van der Waals surface area contributed by atoms with Crippen LogP contribution in [0, 0.1) is 6.92 Å². The fourth-order valence-corrected chi connectivity index (χ4v) is 3.36. The monoisotopic (exact) mass is 362 g/mol. The summed E-state index contributed by atoms with van der Waals surface area (Å²) >= 11 is 0. The summed E-state index contributed by atoms with van der Waals surface area (Å²) in [5.74, 6) is 1.46. The molecule has 0 unspecified atom stereocenters. The Morgan fingerprint density at radius 3 is 2.59 bits per heavy atom. The van der Waals surface area contributed by atoms with Crippen LogP contribution in [0.3, 0.4) is 0 Å². The molecule has 1 saturated heterocycles. The Bertz CT molecular complexity index is 897. The van der Waals surface area contributed by atoms with Crippen LogP contribution in [0.15, 0.2) is 53.1 Å². The number of pyridine rings is 1. The van der Waals surface area contributed by atoms with E-state index < -0.39 is 0 Å². The smallest absolute Gasteiger partial charge is 0.266 e. The molecule has 1 fully saturated rings. The summed E-state index contributed by atoms with van der Waals surface area (Å²) in [5, 5.41) is 8.32. The highest BCUT2D eigenvalue weighted by atomic mass is 16.4. The Morgan fingerprint density at radius 2 is 1.89 bits per heavy atom. The normalized spacial score (nSPS) is 15.1. The van der Waals surface area contributed by atoms with Crippen LogP contribution in [0.5, 0.6) is 0 Å². The summed E-state index contributed by atoms with van der Waals surface area (Å²) in [5.41, 5.74) is 2.95. The molecule has 6 heteroatoms. The van der Waals surface area contributed by atoms with Gasteiger partial charge in [0.15, 0.2) is 0 Å². The second kappa shape index (κ2) is 7.70. The highest BCUT2D eigenvalue weighted by Gasteiger charge is 2.27.